The first-order chi connectivity index (χ1) is 12.5. The first-order valence-corrected chi connectivity index (χ1v) is 7.79. The van der Waals surface area contributed by atoms with Gasteiger partial charge in [-0.2, -0.15) is 5.26 Å². The molecular formula is C18H16N4O4. The summed E-state index contributed by atoms with van der Waals surface area (Å²) in [5.41, 5.74) is 1.66. The highest BCUT2D eigenvalue weighted by Gasteiger charge is 2.38. The van der Waals surface area contributed by atoms with Crippen LogP contribution in [0, 0.1) is 18.3 Å². The van der Waals surface area contributed by atoms with Gasteiger partial charge in [0.1, 0.15) is 5.76 Å². The highest BCUT2D eigenvalue weighted by atomic mass is 16.5. The molecule has 0 bridgehead atoms. The average molecular weight is 352 g/mol. The second-order valence-corrected chi connectivity index (χ2v) is 5.74. The van der Waals surface area contributed by atoms with Gasteiger partial charge in [0.05, 0.1) is 30.4 Å². The fourth-order valence-electron chi connectivity index (χ4n) is 2.89. The quantitative estimate of drug-likeness (QED) is 0.851. The highest BCUT2D eigenvalue weighted by molar-refractivity contribution is 6.02. The first-order valence-electron chi connectivity index (χ1n) is 7.79. The van der Waals surface area contributed by atoms with Crippen molar-refractivity contribution in [3.05, 3.63) is 58.5 Å². The number of methoxy groups -OCH3 is 1. The molecule has 2 aromatic rings. The van der Waals surface area contributed by atoms with Crippen LogP contribution in [-0.2, 0) is 9.53 Å². The van der Waals surface area contributed by atoms with E-state index in [4.69, 9.17) is 14.5 Å². The second kappa shape index (κ2) is 6.72. The van der Waals surface area contributed by atoms with E-state index in [-0.39, 0.29) is 11.4 Å². The number of carbonyl (C=O) groups is 2. The number of amides is 2. The Morgan fingerprint density at radius 3 is 2.77 bits per heavy atom. The minimum absolute atomic E-state index is 0.253. The average Bonchev–Trinajstić information content (AvgIpc) is 3.06. The Morgan fingerprint density at radius 1 is 1.38 bits per heavy atom. The van der Waals surface area contributed by atoms with Crippen molar-refractivity contribution in [2.75, 3.05) is 12.0 Å². The summed E-state index contributed by atoms with van der Waals surface area (Å²) in [7, 11) is 1.27. The minimum atomic E-state index is -0.743. The third-order valence-corrected chi connectivity index (χ3v) is 4.08. The van der Waals surface area contributed by atoms with Crippen LogP contribution in [0.15, 0.2) is 46.1 Å². The maximum Gasteiger partial charge on any atom is 0.337 e. The number of hydrogen-bond donors (Lipinski definition) is 1. The summed E-state index contributed by atoms with van der Waals surface area (Å²) < 4.78 is 9.94. The fourth-order valence-corrected chi connectivity index (χ4v) is 2.89. The lowest BCUT2D eigenvalue weighted by Crippen LogP contribution is -2.48. The third-order valence-electron chi connectivity index (χ3n) is 4.08. The molecule has 2 heterocycles. The number of allylic oxidation sites excluding steroid dienone is 1. The molecule has 8 nitrogen and oxygen atoms in total. The molecule has 1 aromatic heterocycles. The van der Waals surface area contributed by atoms with Crippen LogP contribution in [0.3, 0.4) is 0 Å². The topological polar surface area (TPSA) is 108 Å². The van der Waals surface area contributed by atoms with E-state index in [2.05, 4.69) is 10.5 Å². The number of nitriles is 1. The van der Waals surface area contributed by atoms with Gasteiger partial charge < -0.3 is 14.6 Å². The number of aryl methyl sites for hydroxylation is 1. The van der Waals surface area contributed by atoms with E-state index in [9.17, 15) is 9.59 Å². The van der Waals surface area contributed by atoms with Crippen LogP contribution in [0.5, 0.6) is 0 Å². The van der Waals surface area contributed by atoms with Crippen LogP contribution in [0.1, 0.15) is 29.9 Å². The second-order valence-electron chi connectivity index (χ2n) is 5.74. The SMILES string of the molecule is COC(=O)C1=C(C)N(c2cc(C)on2)C(=O)N[C@@H]1c1cccc(C#N)c1. The van der Waals surface area contributed by atoms with Gasteiger partial charge in [-0.1, -0.05) is 17.3 Å². The molecule has 0 aliphatic carbocycles. The van der Waals surface area contributed by atoms with Gasteiger partial charge in [-0.25, -0.2) is 14.5 Å². The molecule has 2 amide bonds. The molecule has 8 heteroatoms. The van der Waals surface area contributed by atoms with Crippen molar-refractivity contribution >= 4 is 17.8 Å². The molecule has 1 aliphatic rings. The van der Waals surface area contributed by atoms with E-state index in [0.29, 0.717) is 22.6 Å². The molecule has 1 aliphatic heterocycles. The minimum Gasteiger partial charge on any atom is -0.466 e. The molecular weight excluding hydrogens is 336 g/mol. The van der Waals surface area contributed by atoms with E-state index >= 15 is 0 Å². The van der Waals surface area contributed by atoms with Gasteiger partial charge >= 0.3 is 12.0 Å². The molecule has 0 radical (unpaired) electrons. The summed E-state index contributed by atoms with van der Waals surface area (Å²) in [6.07, 6.45) is 0. The highest BCUT2D eigenvalue weighted by Crippen LogP contribution is 2.34. The molecule has 1 atom stereocenters. The molecule has 132 valence electrons. The molecule has 0 saturated heterocycles. The number of ether oxygens (including phenoxy) is 1. The lowest BCUT2D eigenvalue weighted by molar-refractivity contribution is -0.136. The van der Waals surface area contributed by atoms with Gasteiger partial charge in [0.2, 0.25) is 0 Å². The number of hydrogen-bond acceptors (Lipinski definition) is 6. The van der Waals surface area contributed by atoms with Crippen LogP contribution >= 0.6 is 0 Å². The van der Waals surface area contributed by atoms with E-state index in [1.807, 2.05) is 6.07 Å². The number of anilines is 1. The molecule has 0 spiro atoms. The number of aromatic nitrogens is 1. The molecule has 26 heavy (non-hydrogen) atoms. The first kappa shape index (κ1) is 17.2. The predicted octanol–water partition coefficient (Wildman–Crippen LogP) is 2.57. The normalized spacial score (nSPS) is 16.9. The van der Waals surface area contributed by atoms with Gasteiger partial charge in [-0.3, -0.25) is 0 Å². The van der Waals surface area contributed by atoms with Crippen LogP contribution < -0.4 is 10.2 Å². The Balaban J connectivity index is 2.14. The molecule has 3 rings (SSSR count). The van der Waals surface area contributed by atoms with Crippen molar-refractivity contribution in [1.29, 1.82) is 5.26 Å². The molecule has 0 unspecified atom stereocenters. The van der Waals surface area contributed by atoms with Crippen LogP contribution in [-0.4, -0.2) is 24.3 Å². The smallest absolute Gasteiger partial charge is 0.337 e. The summed E-state index contributed by atoms with van der Waals surface area (Å²) in [6, 6.07) is 9.13. The zero-order valence-corrected chi connectivity index (χ0v) is 14.4. The lowest BCUT2D eigenvalue weighted by Gasteiger charge is -2.33. The number of benzene rings is 1. The van der Waals surface area contributed by atoms with Gasteiger partial charge in [0, 0.05) is 11.8 Å². The molecule has 1 aromatic carbocycles. The van der Waals surface area contributed by atoms with Crippen molar-refractivity contribution in [2.24, 2.45) is 0 Å². The number of rotatable bonds is 3. The van der Waals surface area contributed by atoms with Crippen LogP contribution in [0.25, 0.3) is 0 Å². The van der Waals surface area contributed by atoms with Crippen LogP contribution in [0.4, 0.5) is 10.6 Å². The zero-order chi connectivity index (χ0) is 18.8. The Morgan fingerprint density at radius 2 is 2.15 bits per heavy atom. The Kier molecular flexibility index (Phi) is 4.45. The maximum absolute atomic E-state index is 12.7. The Labute approximate surface area is 149 Å². The zero-order valence-electron chi connectivity index (χ0n) is 14.4. The standard InChI is InChI=1S/C18H16N4O4/c1-10-7-14(21-26-10)22-11(2)15(17(23)25-3)16(20-18(22)24)13-6-4-5-12(8-13)9-19/h4-8,16H,1-3H3,(H,20,24)/t16-/m1/s1. The fraction of sp³-hybridized carbons (Fsp3) is 0.222. The third kappa shape index (κ3) is 2.91. The van der Waals surface area contributed by atoms with E-state index in [1.54, 1.807) is 44.2 Å². The van der Waals surface area contributed by atoms with Crippen molar-refractivity contribution in [2.45, 2.75) is 19.9 Å². The summed E-state index contributed by atoms with van der Waals surface area (Å²) in [5.74, 6) is 0.215. The largest absolute Gasteiger partial charge is 0.466 e. The van der Waals surface area contributed by atoms with Gasteiger partial charge in [0.25, 0.3) is 0 Å². The summed E-state index contributed by atoms with van der Waals surface area (Å²) in [5, 5.41) is 15.7. The van der Waals surface area contributed by atoms with E-state index < -0.39 is 18.0 Å². The molecule has 0 fully saturated rings. The van der Waals surface area contributed by atoms with Gasteiger partial charge in [-0.05, 0) is 31.5 Å². The van der Waals surface area contributed by atoms with E-state index in [0.717, 1.165) is 0 Å². The number of carbonyl (C=O) groups excluding carboxylic acids is 2. The number of nitrogens with one attached hydrogen (secondary N) is 1. The summed E-state index contributed by atoms with van der Waals surface area (Å²) >= 11 is 0. The Hall–Kier alpha value is -3.60. The van der Waals surface area contributed by atoms with Crippen molar-refractivity contribution in [3.8, 4) is 6.07 Å². The van der Waals surface area contributed by atoms with Crippen molar-refractivity contribution in [3.63, 3.8) is 0 Å². The number of urea groups is 1. The van der Waals surface area contributed by atoms with Crippen molar-refractivity contribution in [1.82, 2.24) is 10.5 Å². The van der Waals surface area contributed by atoms with Gasteiger partial charge in [0.15, 0.2) is 5.82 Å². The number of nitrogens with zero attached hydrogens (tertiary/aromatic N) is 3. The van der Waals surface area contributed by atoms with E-state index in [1.165, 1.54) is 12.0 Å². The van der Waals surface area contributed by atoms with Crippen molar-refractivity contribution < 1.29 is 18.8 Å². The Bertz CT molecular complexity index is 954. The molecule has 1 N–H and O–H groups in total. The summed E-state index contributed by atoms with van der Waals surface area (Å²) in [6.45, 7) is 3.34. The monoisotopic (exact) mass is 352 g/mol. The molecule has 0 saturated carbocycles. The number of esters is 1. The summed E-state index contributed by atoms with van der Waals surface area (Å²) in [4.78, 5) is 26.4. The maximum atomic E-state index is 12.7. The van der Waals surface area contributed by atoms with Crippen LogP contribution in [0.2, 0.25) is 0 Å². The predicted molar refractivity (Wildman–Crippen MR) is 90.9 cm³/mol. The van der Waals surface area contributed by atoms with Gasteiger partial charge in [-0.15, -0.1) is 0 Å². The lowest BCUT2D eigenvalue weighted by atomic mass is 9.94.